The molecule has 5 nitrogen and oxygen atoms in total. The summed E-state index contributed by atoms with van der Waals surface area (Å²) >= 11 is 7.63. The number of sulfonamides is 1. The molecule has 0 N–H and O–H groups in total. The first-order chi connectivity index (χ1) is 12.9. The molecule has 0 saturated carbocycles. The summed E-state index contributed by atoms with van der Waals surface area (Å²) in [4.78, 5) is 4.80. The zero-order valence-electron chi connectivity index (χ0n) is 14.8. The van der Waals surface area contributed by atoms with Crippen molar-refractivity contribution in [2.45, 2.75) is 30.8 Å². The first-order valence-corrected chi connectivity index (χ1v) is 11.4. The van der Waals surface area contributed by atoms with Gasteiger partial charge in [-0.25, -0.2) is 13.4 Å². The van der Waals surface area contributed by atoms with Gasteiger partial charge in [0.05, 0.1) is 14.6 Å². The first-order valence-electron chi connectivity index (χ1n) is 8.72. The van der Waals surface area contributed by atoms with Crippen molar-refractivity contribution in [2.75, 3.05) is 13.1 Å². The van der Waals surface area contributed by atoms with E-state index in [0.29, 0.717) is 41.0 Å². The van der Waals surface area contributed by atoms with Crippen molar-refractivity contribution in [1.82, 2.24) is 9.29 Å². The van der Waals surface area contributed by atoms with Crippen LogP contribution in [-0.2, 0) is 10.0 Å². The molecule has 2 aromatic carbocycles. The number of nitrogens with zero attached hydrogens (tertiary/aromatic N) is 2. The second-order valence-corrected chi connectivity index (χ2v) is 9.94. The fraction of sp³-hybridized carbons (Fsp3) is 0.316. The lowest BCUT2D eigenvalue weighted by molar-refractivity contribution is 0.135. The van der Waals surface area contributed by atoms with Gasteiger partial charge in [-0.3, -0.25) is 0 Å². The molecular formula is C19H19ClN2O3S2. The molecule has 4 rings (SSSR count). The number of ether oxygens (including phenoxy) is 1. The molecule has 1 aliphatic rings. The van der Waals surface area contributed by atoms with Crippen molar-refractivity contribution in [3.05, 3.63) is 53.1 Å². The number of halogens is 1. The fourth-order valence-corrected chi connectivity index (χ4v) is 5.79. The molecule has 0 spiro atoms. The van der Waals surface area contributed by atoms with Crippen molar-refractivity contribution < 1.29 is 13.2 Å². The van der Waals surface area contributed by atoms with E-state index in [1.807, 2.05) is 37.3 Å². The number of aromatic nitrogens is 1. The SMILES string of the molecule is Cc1ccc(S(=O)(=O)N2CCC(Oc3nc4c(Cl)cccc4s3)CC2)cc1. The van der Waals surface area contributed by atoms with E-state index < -0.39 is 10.0 Å². The number of para-hydroxylation sites is 1. The van der Waals surface area contributed by atoms with Crippen LogP contribution in [0, 0.1) is 6.92 Å². The summed E-state index contributed by atoms with van der Waals surface area (Å²) in [6.07, 6.45) is 1.22. The van der Waals surface area contributed by atoms with Crippen LogP contribution in [0.15, 0.2) is 47.4 Å². The Morgan fingerprint density at radius 3 is 2.52 bits per heavy atom. The molecular weight excluding hydrogens is 404 g/mol. The zero-order chi connectivity index (χ0) is 19.0. The van der Waals surface area contributed by atoms with Crippen molar-refractivity contribution >= 4 is 43.2 Å². The Kier molecular flexibility index (Phi) is 5.11. The fourth-order valence-electron chi connectivity index (χ4n) is 3.14. The predicted molar refractivity (Wildman–Crippen MR) is 108 cm³/mol. The van der Waals surface area contributed by atoms with E-state index in [1.54, 1.807) is 12.1 Å². The molecule has 0 aliphatic carbocycles. The Bertz CT molecular complexity index is 1060. The van der Waals surface area contributed by atoms with Crippen molar-refractivity contribution in [1.29, 1.82) is 0 Å². The van der Waals surface area contributed by atoms with E-state index >= 15 is 0 Å². The highest BCUT2D eigenvalue weighted by atomic mass is 35.5. The van der Waals surface area contributed by atoms with Crippen LogP contribution in [0.2, 0.25) is 5.02 Å². The summed E-state index contributed by atoms with van der Waals surface area (Å²) < 4.78 is 34.1. The summed E-state index contributed by atoms with van der Waals surface area (Å²) in [5.74, 6) is 0. The number of thiazole rings is 1. The molecule has 3 aromatic rings. The molecule has 8 heteroatoms. The Labute approximate surface area is 167 Å². The standard InChI is InChI=1S/C19H19ClN2O3S2/c1-13-5-7-15(8-6-13)27(23,24)22-11-9-14(10-12-22)25-19-21-18-16(20)3-2-4-17(18)26-19/h2-8,14H,9-12H2,1H3. The second-order valence-electron chi connectivity index (χ2n) is 6.60. The Balaban J connectivity index is 1.42. The summed E-state index contributed by atoms with van der Waals surface area (Å²) in [5, 5.41) is 1.19. The van der Waals surface area contributed by atoms with Crippen LogP contribution in [-0.4, -0.2) is 36.9 Å². The maximum atomic E-state index is 12.8. The van der Waals surface area contributed by atoms with E-state index in [-0.39, 0.29) is 6.10 Å². The average molecular weight is 423 g/mol. The Hall–Kier alpha value is -1.67. The van der Waals surface area contributed by atoms with Crippen molar-refractivity contribution in [3.8, 4) is 5.19 Å². The molecule has 0 amide bonds. The number of fused-ring (bicyclic) bond motifs is 1. The van der Waals surface area contributed by atoms with Gasteiger partial charge in [-0.15, -0.1) is 0 Å². The van der Waals surface area contributed by atoms with Crippen molar-refractivity contribution in [2.24, 2.45) is 0 Å². The van der Waals surface area contributed by atoms with Gasteiger partial charge in [-0.2, -0.15) is 4.31 Å². The smallest absolute Gasteiger partial charge is 0.274 e. The van der Waals surface area contributed by atoms with Crippen LogP contribution in [0.5, 0.6) is 5.19 Å². The van der Waals surface area contributed by atoms with Gasteiger partial charge in [0, 0.05) is 13.1 Å². The molecule has 2 heterocycles. The van der Waals surface area contributed by atoms with Crippen LogP contribution in [0.25, 0.3) is 10.2 Å². The van der Waals surface area contributed by atoms with E-state index in [9.17, 15) is 8.42 Å². The van der Waals surface area contributed by atoms with Gasteiger partial charge in [-0.05, 0) is 44.0 Å². The van der Waals surface area contributed by atoms with Gasteiger partial charge in [0.15, 0.2) is 0 Å². The molecule has 1 aromatic heterocycles. The highest BCUT2D eigenvalue weighted by molar-refractivity contribution is 7.89. The third kappa shape index (κ3) is 3.82. The topological polar surface area (TPSA) is 59.5 Å². The average Bonchev–Trinajstić information content (AvgIpc) is 3.06. The monoisotopic (exact) mass is 422 g/mol. The largest absolute Gasteiger partial charge is 0.467 e. The number of hydrogen-bond donors (Lipinski definition) is 0. The lowest BCUT2D eigenvalue weighted by Gasteiger charge is -2.30. The van der Waals surface area contributed by atoms with E-state index in [2.05, 4.69) is 4.98 Å². The number of piperidine rings is 1. The quantitative estimate of drug-likeness (QED) is 0.621. The molecule has 0 atom stereocenters. The van der Waals surface area contributed by atoms with Crippen LogP contribution in [0.1, 0.15) is 18.4 Å². The Morgan fingerprint density at radius 2 is 1.85 bits per heavy atom. The van der Waals surface area contributed by atoms with Gasteiger partial charge >= 0.3 is 0 Å². The van der Waals surface area contributed by atoms with Gasteiger partial charge in [0.25, 0.3) is 5.19 Å². The van der Waals surface area contributed by atoms with E-state index in [0.717, 1.165) is 15.8 Å². The van der Waals surface area contributed by atoms with Gasteiger partial charge in [-0.1, -0.05) is 46.7 Å². The summed E-state index contributed by atoms with van der Waals surface area (Å²) in [5.41, 5.74) is 1.79. The molecule has 0 unspecified atom stereocenters. The third-order valence-electron chi connectivity index (χ3n) is 4.68. The normalized spacial score (nSPS) is 16.7. The summed E-state index contributed by atoms with van der Waals surface area (Å²) in [6.45, 7) is 2.81. The van der Waals surface area contributed by atoms with Gasteiger partial charge in [0.2, 0.25) is 10.0 Å². The van der Waals surface area contributed by atoms with Gasteiger partial charge < -0.3 is 4.74 Å². The highest BCUT2D eigenvalue weighted by Gasteiger charge is 2.30. The number of hydrogen-bond acceptors (Lipinski definition) is 5. The van der Waals surface area contributed by atoms with Crippen molar-refractivity contribution in [3.63, 3.8) is 0 Å². The molecule has 0 bridgehead atoms. The predicted octanol–water partition coefficient (Wildman–Crippen LogP) is 4.49. The summed E-state index contributed by atoms with van der Waals surface area (Å²) in [6, 6.07) is 12.6. The minimum atomic E-state index is -3.45. The Morgan fingerprint density at radius 1 is 1.15 bits per heavy atom. The molecule has 27 heavy (non-hydrogen) atoms. The molecule has 0 radical (unpaired) electrons. The minimum absolute atomic E-state index is 0.0474. The van der Waals surface area contributed by atoms with Crippen LogP contribution >= 0.6 is 22.9 Å². The molecule has 1 fully saturated rings. The second kappa shape index (κ2) is 7.39. The molecule has 142 valence electrons. The van der Waals surface area contributed by atoms with Crippen LogP contribution in [0.4, 0.5) is 0 Å². The lowest BCUT2D eigenvalue weighted by atomic mass is 10.1. The van der Waals surface area contributed by atoms with Crippen LogP contribution in [0.3, 0.4) is 0 Å². The van der Waals surface area contributed by atoms with E-state index in [1.165, 1.54) is 15.6 Å². The lowest BCUT2D eigenvalue weighted by Crippen LogP contribution is -2.41. The zero-order valence-corrected chi connectivity index (χ0v) is 17.1. The first kappa shape index (κ1) is 18.7. The summed E-state index contributed by atoms with van der Waals surface area (Å²) in [7, 11) is -3.45. The maximum absolute atomic E-state index is 12.8. The number of aryl methyl sites for hydroxylation is 1. The molecule has 1 saturated heterocycles. The third-order valence-corrected chi connectivity index (χ3v) is 7.81. The highest BCUT2D eigenvalue weighted by Crippen LogP contribution is 2.33. The minimum Gasteiger partial charge on any atom is -0.467 e. The molecule has 1 aliphatic heterocycles. The number of rotatable bonds is 4. The van der Waals surface area contributed by atoms with Gasteiger partial charge in [0.1, 0.15) is 11.6 Å². The van der Waals surface area contributed by atoms with E-state index in [4.69, 9.17) is 16.3 Å². The number of benzene rings is 2. The maximum Gasteiger partial charge on any atom is 0.274 e. The van der Waals surface area contributed by atoms with Crippen LogP contribution < -0.4 is 4.74 Å².